The number of rotatable bonds is 8. The summed E-state index contributed by atoms with van der Waals surface area (Å²) < 4.78 is 6.78. The third kappa shape index (κ3) is 5.97. The first-order valence-electron chi connectivity index (χ1n) is 11.8. The Morgan fingerprint density at radius 2 is 1.68 bits per heavy atom. The van der Waals surface area contributed by atoms with Crippen LogP contribution in [-0.2, 0) is 16.1 Å². The van der Waals surface area contributed by atoms with Crippen LogP contribution in [0.1, 0.15) is 36.8 Å². The highest BCUT2D eigenvalue weighted by atomic mass is 16.5. The van der Waals surface area contributed by atoms with Crippen molar-refractivity contribution in [2.45, 2.75) is 46.1 Å². The van der Waals surface area contributed by atoms with Crippen molar-refractivity contribution in [1.29, 1.82) is 0 Å². The quantitative estimate of drug-likeness (QED) is 0.531. The van der Waals surface area contributed by atoms with Crippen molar-refractivity contribution in [2.24, 2.45) is 11.8 Å². The van der Waals surface area contributed by atoms with E-state index >= 15 is 0 Å². The average Bonchev–Trinajstić information content (AvgIpc) is 2.81. The highest BCUT2D eigenvalue weighted by molar-refractivity contribution is 5.77. The van der Waals surface area contributed by atoms with Gasteiger partial charge in [0.2, 0.25) is 0 Å². The molecule has 0 bridgehead atoms. The molecule has 1 heterocycles. The second-order valence-corrected chi connectivity index (χ2v) is 9.30. The van der Waals surface area contributed by atoms with Gasteiger partial charge in [-0.25, -0.2) is 14.3 Å². The van der Waals surface area contributed by atoms with Crippen molar-refractivity contribution in [2.75, 3.05) is 13.2 Å². The summed E-state index contributed by atoms with van der Waals surface area (Å²) in [6.45, 7) is 4.82. The number of carboxylic acid groups (broad SMARTS) is 1. The van der Waals surface area contributed by atoms with Crippen LogP contribution in [0.5, 0.6) is 0 Å². The summed E-state index contributed by atoms with van der Waals surface area (Å²) in [5, 5.41) is 13.5. The number of ether oxygens (including phenoxy) is 1. The van der Waals surface area contributed by atoms with E-state index in [2.05, 4.69) is 4.98 Å². The van der Waals surface area contributed by atoms with E-state index in [1.807, 2.05) is 62.4 Å². The molecule has 1 saturated carbocycles. The van der Waals surface area contributed by atoms with Crippen LogP contribution < -0.4 is 5.69 Å². The first-order valence-corrected chi connectivity index (χ1v) is 11.8. The van der Waals surface area contributed by atoms with Gasteiger partial charge in [0.1, 0.15) is 18.0 Å². The van der Waals surface area contributed by atoms with Crippen molar-refractivity contribution in [1.82, 2.24) is 14.8 Å². The highest BCUT2D eigenvalue weighted by Crippen LogP contribution is 2.31. The van der Waals surface area contributed by atoms with Crippen LogP contribution in [0.25, 0.3) is 22.5 Å². The van der Waals surface area contributed by atoms with Crippen molar-refractivity contribution >= 4 is 5.97 Å². The predicted molar refractivity (Wildman–Crippen MR) is 131 cm³/mol. The number of carbonyl (C=O) groups is 1. The van der Waals surface area contributed by atoms with Gasteiger partial charge in [-0.15, -0.1) is 0 Å². The molecule has 1 aromatic heterocycles. The lowest BCUT2D eigenvalue weighted by Gasteiger charge is -2.28. The van der Waals surface area contributed by atoms with Crippen molar-refractivity contribution in [3.05, 3.63) is 70.1 Å². The minimum absolute atomic E-state index is 0.250. The van der Waals surface area contributed by atoms with Crippen LogP contribution in [0.15, 0.2) is 53.3 Å². The van der Waals surface area contributed by atoms with E-state index in [1.54, 1.807) is 0 Å². The third-order valence-electron chi connectivity index (χ3n) is 6.47. The first-order chi connectivity index (χ1) is 16.4. The second-order valence-electron chi connectivity index (χ2n) is 9.30. The summed E-state index contributed by atoms with van der Waals surface area (Å²) >= 11 is 0. The van der Waals surface area contributed by atoms with Gasteiger partial charge in [0.05, 0.1) is 6.61 Å². The van der Waals surface area contributed by atoms with E-state index in [1.165, 1.54) is 4.68 Å². The van der Waals surface area contributed by atoms with Crippen LogP contribution in [-0.4, -0.2) is 39.1 Å². The van der Waals surface area contributed by atoms with Crippen LogP contribution >= 0.6 is 0 Å². The van der Waals surface area contributed by atoms with Crippen molar-refractivity contribution in [3.63, 3.8) is 0 Å². The monoisotopic (exact) mass is 461 g/mol. The van der Waals surface area contributed by atoms with Gasteiger partial charge in [-0.2, -0.15) is 10.1 Å². The van der Waals surface area contributed by atoms with Crippen LogP contribution in [0, 0.1) is 25.7 Å². The predicted octanol–water partition coefficient (Wildman–Crippen LogP) is 4.50. The maximum Gasteiger partial charge on any atom is 0.364 e. The van der Waals surface area contributed by atoms with Gasteiger partial charge in [0, 0.05) is 17.7 Å². The van der Waals surface area contributed by atoms with E-state index in [4.69, 9.17) is 14.9 Å². The fourth-order valence-electron chi connectivity index (χ4n) is 4.57. The Morgan fingerprint density at radius 3 is 2.35 bits per heavy atom. The molecule has 0 atom stereocenters. The molecule has 2 aromatic carbocycles. The lowest BCUT2D eigenvalue weighted by Crippen LogP contribution is -2.31. The number of aryl methyl sites for hydroxylation is 2. The number of benzene rings is 2. The summed E-state index contributed by atoms with van der Waals surface area (Å²) in [6, 6.07) is 16.1. The largest absolute Gasteiger partial charge is 0.480 e. The molecule has 34 heavy (non-hydrogen) atoms. The molecule has 1 aliphatic carbocycles. The molecule has 0 saturated heterocycles. The molecule has 0 amide bonds. The Bertz CT molecular complexity index is 1200. The van der Waals surface area contributed by atoms with E-state index in [9.17, 15) is 9.59 Å². The third-order valence-corrected chi connectivity index (χ3v) is 6.47. The number of aliphatic carboxylic acids is 1. The van der Waals surface area contributed by atoms with Gasteiger partial charge in [-0.1, -0.05) is 53.6 Å². The van der Waals surface area contributed by atoms with Gasteiger partial charge >= 0.3 is 11.7 Å². The van der Waals surface area contributed by atoms with Crippen LogP contribution in [0.3, 0.4) is 0 Å². The second kappa shape index (κ2) is 10.7. The normalized spacial score (nSPS) is 18.1. The molecule has 7 heteroatoms. The number of nitrogens with zero attached hydrogens (tertiary/aromatic N) is 3. The van der Waals surface area contributed by atoms with Gasteiger partial charge in [-0.05, 0) is 57.4 Å². The lowest BCUT2D eigenvalue weighted by molar-refractivity contribution is -0.142. The molecule has 0 unspecified atom stereocenters. The molecule has 4 rings (SSSR count). The van der Waals surface area contributed by atoms with Gasteiger partial charge < -0.3 is 9.84 Å². The molecule has 1 N–H and O–H groups in total. The Balaban J connectivity index is 1.56. The molecule has 0 radical (unpaired) electrons. The van der Waals surface area contributed by atoms with Gasteiger partial charge in [0.25, 0.3) is 0 Å². The standard InChI is InChI=1S/C27H31N3O4/c1-18-6-12-22(13-7-18)26-25(23-5-3-4-19(2)14-23)28-27(33)30(29-26)15-20-8-10-21(11-9-20)16-34-17-24(31)32/h3-7,12-14,20-21H,8-11,15-17H2,1-2H3,(H,31,32). The lowest BCUT2D eigenvalue weighted by atomic mass is 9.82. The summed E-state index contributed by atoms with van der Waals surface area (Å²) in [4.78, 5) is 28.1. The molecule has 178 valence electrons. The fourth-order valence-corrected chi connectivity index (χ4v) is 4.57. The molecule has 1 aliphatic rings. The Kier molecular flexibility index (Phi) is 7.53. The van der Waals surface area contributed by atoms with Crippen LogP contribution in [0.2, 0.25) is 0 Å². The SMILES string of the molecule is Cc1ccc(-c2nn(CC3CCC(COCC(=O)O)CC3)c(=O)nc2-c2cccc(C)c2)cc1. The van der Waals surface area contributed by atoms with Crippen molar-refractivity contribution < 1.29 is 14.6 Å². The summed E-state index contributed by atoms with van der Waals surface area (Å²) in [7, 11) is 0. The van der Waals surface area contributed by atoms with E-state index < -0.39 is 5.97 Å². The van der Waals surface area contributed by atoms with E-state index in [-0.39, 0.29) is 12.3 Å². The molecular weight excluding hydrogens is 430 g/mol. The fraction of sp³-hybridized carbons (Fsp3) is 0.407. The Labute approximate surface area is 199 Å². The average molecular weight is 462 g/mol. The molecular formula is C27H31N3O4. The molecule has 3 aromatic rings. The zero-order valence-electron chi connectivity index (χ0n) is 19.7. The first kappa shape index (κ1) is 23.8. The van der Waals surface area contributed by atoms with Crippen LogP contribution in [0.4, 0.5) is 0 Å². The Hall–Kier alpha value is -3.32. The summed E-state index contributed by atoms with van der Waals surface area (Å²) in [6.07, 6.45) is 3.82. The number of aromatic nitrogens is 3. The minimum atomic E-state index is -0.940. The molecule has 0 spiro atoms. The molecule has 7 nitrogen and oxygen atoms in total. The molecule has 1 fully saturated rings. The number of hydrogen-bond acceptors (Lipinski definition) is 5. The molecule has 0 aliphatic heterocycles. The smallest absolute Gasteiger partial charge is 0.364 e. The zero-order chi connectivity index (χ0) is 24.1. The summed E-state index contributed by atoms with van der Waals surface area (Å²) in [5.41, 5.74) is 5.05. The van der Waals surface area contributed by atoms with E-state index in [0.717, 1.165) is 47.9 Å². The number of carboxylic acids is 1. The maximum absolute atomic E-state index is 13.0. The highest BCUT2D eigenvalue weighted by Gasteiger charge is 2.24. The summed E-state index contributed by atoms with van der Waals surface area (Å²) in [5.74, 6) is -0.242. The van der Waals surface area contributed by atoms with Gasteiger partial charge in [-0.3, -0.25) is 0 Å². The van der Waals surface area contributed by atoms with Gasteiger partial charge in [0.15, 0.2) is 0 Å². The topological polar surface area (TPSA) is 94.3 Å². The number of hydrogen-bond donors (Lipinski definition) is 1. The minimum Gasteiger partial charge on any atom is -0.480 e. The Morgan fingerprint density at radius 1 is 0.971 bits per heavy atom. The van der Waals surface area contributed by atoms with Crippen molar-refractivity contribution in [3.8, 4) is 22.5 Å². The zero-order valence-corrected chi connectivity index (χ0v) is 19.7. The van der Waals surface area contributed by atoms with E-state index in [0.29, 0.717) is 36.4 Å². The maximum atomic E-state index is 13.0.